The molecule has 0 heterocycles. The molecule has 0 radical (unpaired) electrons. The van der Waals surface area contributed by atoms with Crippen molar-refractivity contribution in [2.24, 2.45) is 0 Å². The number of hydrogen-bond donors (Lipinski definition) is 0. The van der Waals surface area contributed by atoms with Gasteiger partial charge in [-0.05, 0) is 0 Å². The molecule has 4 aromatic carbocycles. The zero-order valence-electron chi connectivity index (χ0n) is 22.5. The van der Waals surface area contributed by atoms with Gasteiger partial charge in [-0.3, -0.25) is 35.1 Å². The van der Waals surface area contributed by atoms with Crippen molar-refractivity contribution in [3.63, 3.8) is 0 Å². The third-order valence-electron chi connectivity index (χ3n) is 4.82. The quantitative estimate of drug-likeness (QED) is 0.0730. The molecule has 0 spiro atoms. The van der Waals surface area contributed by atoms with E-state index in [0.29, 0.717) is 0 Å². The molecule has 0 amide bonds. The number of rotatable bonds is 0. The topological polar surface area (TPSA) is 0 Å². The molecule has 0 unspecified atom stereocenters. The third kappa shape index (κ3) is 10.3. The van der Waals surface area contributed by atoms with Crippen LogP contribution in [0, 0.1) is 145 Å². The fraction of sp³-hybridized carbons (Fsp3) is 0.143. The van der Waals surface area contributed by atoms with Gasteiger partial charge in [-0.15, -0.1) is 46.5 Å². The van der Waals surface area contributed by atoms with Crippen LogP contribution in [0.2, 0.25) is 0 Å². The summed E-state index contributed by atoms with van der Waals surface area (Å²) in [5.41, 5.74) is -1.49. The summed E-state index contributed by atoms with van der Waals surface area (Å²) in [7, 11) is 0. The first-order valence-electron chi connectivity index (χ1n) is 11.0. The Kier molecular flexibility index (Phi) is 16.1. The molecule has 0 bridgehead atoms. The molecule has 17 heteroatoms. The molecule has 0 aliphatic carbocycles. The first-order valence-corrected chi connectivity index (χ1v) is 11.0. The summed E-state index contributed by atoms with van der Waals surface area (Å²) in [5.74, 6) is -26.1. The zero-order chi connectivity index (χ0) is 34.4. The summed E-state index contributed by atoms with van der Waals surface area (Å²) in [4.78, 5) is 0. The Morgan fingerprint density at radius 3 is 0.511 bits per heavy atom. The van der Waals surface area contributed by atoms with Gasteiger partial charge in [-0.2, -0.15) is 0 Å². The van der Waals surface area contributed by atoms with Crippen LogP contribution in [0.25, 0.3) is 0 Å². The van der Waals surface area contributed by atoms with E-state index in [1.54, 1.807) is 24.3 Å². The first kappa shape index (κ1) is 41.6. The molecule has 0 atom stereocenters. The number of benzene rings is 4. The van der Waals surface area contributed by atoms with E-state index in [1.807, 2.05) is 0 Å². The van der Waals surface area contributed by atoms with Gasteiger partial charge in [0.1, 0.15) is 0 Å². The van der Waals surface area contributed by atoms with Crippen LogP contribution in [-0.2, 0) is 26.2 Å². The van der Waals surface area contributed by atoms with Gasteiger partial charge in [0, 0.05) is 46.5 Å². The second-order valence-electron chi connectivity index (χ2n) is 8.02. The summed E-state index contributed by atoms with van der Waals surface area (Å²) >= 11 is 0. The largest absolute Gasteiger partial charge is 4.00 e. The van der Waals surface area contributed by atoms with Crippen LogP contribution in [0.5, 0.6) is 0 Å². The van der Waals surface area contributed by atoms with Crippen molar-refractivity contribution in [2.45, 2.75) is 27.7 Å². The minimum atomic E-state index is -1.83. The van der Waals surface area contributed by atoms with E-state index >= 15 is 0 Å². The summed E-state index contributed by atoms with van der Waals surface area (Å²) in [6.45, 7) is 4.39. The standard InChI is InChI=1S/4C7H3F4.Zr/c4*1-3-2-4(8)6(10)7(11)5(3)9;/h4*1H3;/q4*-1;+4. The monoisotopic (exact) mass is 742 g/mol. The van der Waals surface area contributed by atoms with E-state index in [1.165, 1.54) is 0 Å². The second kappa shape index (κ2) is 17.4. The summed E-state index contributed by atoms with van der Waals surface area (Å²) in [5, 5.41) is 0. The summed E-state index contributed by atoms with van der Waals surface area (Å²) < 4.78 is 196. The van der Waals surface area contributed by atoms with Crippen LogP contribution in [0.3, 0.4) is 0 Å². The molecule has 45 heavy (non-hydrogen) atoms. The minimum Gasteiger partial charge on any atom is -0.281 e. The summed E-state index contributed by atoms with van der Waals surface area (Å²) in [6, 6.07) is 6.76. The van der Waals surface area contributed by atoms with Gasteiger partial charge in [0.05, 0.1) is 46.5 Å². The van der Waals surface area contributed by atoms with Crippen molar-refractivity contribution < 1.29 is 96.5 Å². The fourth-order valence-corrected chi connectivity index (χ4v) is 2.53. The third-order valence-corrected chi connectivity index (χ3v) is 4.82. The molecule has 0 fully saturated rings. The van der Waals surface area contributed by atoms with E-state index in [-0.39, 0.29) is 48.5 Å². The molecule has 240 valence electrons. The maximum Gasteiger partial charge on any atom is 4.00 e. The van der Waals surface area contributed by atoms with Crippen LogP contribution >= 0.6 is 0 Å². The van der Waals surface area contributed by atoms with Crippen LogP contribution in [0.15, 0.2) is 0 Å². The SMILES string of the molecule is Cc1[c-]c(F)c(F)c(F)c1F.Cc1[c-]c(F)c(F)c(F)c1F.Cc1[c-]c(F)c(F)c(F)c1F.Cc1[c-]c(F)c(F)c(F)c1F.[Zr+4]. The normalized spacial score (nSPS) is 10.0. The number of aryl methyl sites for hydroxylation is 4. The van der Waals surface area contributed by atoms with Crippen LogP contribution in [0.1, 0.15) is 22.3 Å². The fourth-order valence-electron chi connectivity index (χ4n) is 2.53. The Bertz CT molecular complexity index is 1320. The Labute approximate surface area is 263 Å². The van der Waals surface area contributed by atoms with Crippen molar-refractivity contribution in [2.75, 3.05) is 0 Å². The minimum absolute atomic E-state index is 0. The van der Waals surface area contributed by atoms with E-state index in [9.17, 15) is 70.2 Å². The van der Waals surface area contributed by atoms with Crippen molar-refractivity contribution in [3.8, 4) is 0 Å². The maximum absolute atomic E-state index is 12.4. The van der Waals surface area contributed by atoms with E-state index in [4.69, 9.17) is 0 Å². The molecular weight excluding hydrogens is 732 g/mol. The van der Waals surface area contributed by atoms with E-state index in [2.05, 4.69) is 0 Å². The zero-order valence-corrected chi connectivity index (χ0v) is 25.0. The molecular formula is C28H12F16Zr. The van der Waals surface area contributed by atoms with E-state index < -0.39 is 93.1 Å². The molecule has 0 saturated carbocycles. The average Bonchev–Trinajstić information content (AvgIpc) is 2.97. The van der Waals surface area contributed by atoms with Gasteiger partial charge in [0.15, 0.2) is 0 Å². The Morgan fingerprint density at radius 1 is 0.244 bits per heavy atom. The smallest absolute Gasteiger partial charge is 0.281 e. The molecule has 0 saturated heterocycles. The van der Waals surface area contributed by atoms with E-state index in [0.717, 1.165) is 27.7 Å². The first-order chi connectivity index (χ1) is 20.1. The predicted molar refractivity (Wildman–Crippen MR) is 119 cm³/mol. The van der Waals surface area contributed by atoms with Gasteiger partial charge in [0.25, 0.3) is 0 Å². The maximum atomic E-state index is 12.4. The van der Waals surface area contributed by atoms with Crippen LogP contribution in [0.4, 0.5) is 70.2 Å². The van der Waals surface area contributed by atoms with Gasteiger partial charge in [0.2, 0.25) is 0 Å². The molecule has 0 aromatic heterocycles. The molecule has 4 aromatic rings. The van der Waals surface area contributed by atoms with Crippen molar-refractivity contribution >= 4 is 0 Å². The van der Waals surface area contributed by atoms with Crippen LogP contribution < -0.4 is 0 Å². The van der Waals surface area contributed by atoms with Crippen LogP contribution in [-0.4, -0.2) is 0 Å². The van der Waals surface area contributed by atoms with Crippen molar-refractivity contribution in [3.05, 3.63) is 140 Å². The Hall–Kier alpha value is -3.36. The molecule has 0 aliphatic rings. The van der Waals surface area contributed by atoms with Crippen molar-refractivity contribution in [1.82, 2.24) is 0 Å². The average molecular weight is 744 g/mol. The molecule has 4 rings (SSSR count). The molecule has 0 nitrogen and oxygen atoms in total. The number of hydrogen-bond acceptors (Lipinski definition) is 0. The van der Waals surface area contributed by atoms with Gasteiger partial charge in [-0.1, -0.05) is 27.7 Å². The van der Waals surface area contributed by atoms with Gasteiger partial charge in [-0.25, -0.2) is 35.1 Å². The van der Waals surface area contributed by atoms with Crippen molar-refractivity contribution in [1.29, 1.82) is 0 Å². The molecule has 0 aliphatic heterocycles. The second-order valence-corrected chi connectivity index (χ2v) is 8.02. The Morgan fingerprint density at radius 2 is 0.378 bits per heavy atom. The summed E-state index contributed by atoms with van der Waals surface area (Å²) in [6.07, 6.45) is 0. The molecule has 0 N–H and O–H groups in total. The predicted octanol–water partition coefficient (Wildman–Crippen LogP) is 9.40. The Balaban J connectivity index is 0.000000569. The number of halogens is 16. The van der Waals surface area contributed by atoms with Gasteiger partial charge >= 0.3 is 26.2 Å². The van der Waals surface area contributed by atoms with Gasteiger partial charge < -0.3 is 0 Å².